The molecule has 1 amide bonds. The van der Waals surface area contributed by atoms with Crippen LogP contribution < -0.4 is 10.6 Å². The largest absolute Gasteiger partial charge is 0.367 e. The Balaban J connectivity index is 1.58. The van der Waals surface area contributed by atoms with Crippen LogP contribution in [-0.4, -0.2) is 74.6 Å². The molecule has 182 valence electrons. The van der Waals surface area contributed by atoms with Gasteiger partial charge in [0.25, 0.3) is 0 Å². The van der Waals surface area contributed by atoms with Crippen molar-refractivity contribution in [2.45, 2.75) is 64.6 Å². The minimum atomic E-state index is 0.160. The van der Waals surface area contributed by atoms with Crippen molar-refractivity contribution in [3.8, 4) is 0 Å². The molecule has 0 aromatic carbocycles. The first-order chi connectivity index (χ1) is 16.3. The lowest BCUT2D eigenvalue weighted by Crippen LogP contribution is -2.55. The van der Waals surface area contributed by atoms with E-state index >= 15 is 0 Å². The summed E-state index contributed by atoms with van der Waals surface area (Å²) in [4.78, 5) is 26.5. The molecule has 3 aromatic heterocycles. The zero-order valence-electron chi connectivity index (χ0n) is 20.8. The molecule has 4 heterocycles. The third kappa shape index (κ3) is 5.47. The van der Waals surface area contributed by atoms with E-state index in [1.807, 2.05) is 50.2 Å². The average Bonchev–Trinajstić information content (AvgIpc) is 3.17. The number of H-pyrrole nitrogens is 1. The quantitative estimate of drug-likeness (QED) is 0.464. The van der Waals surface area contributed by atoms with Gasteiger partial charge in [0.2, 0.25) is 5.91 Å². The molecule has 1 aliphatic heterocycles. The van der Waals surface area contributed by atoms with Crippen LogP contribution in [0.1, 0.15) is 45.2 Å². The number of carbonyl (C=O) groups excluding carboxylic acids is 1. The molecule has 0 spiro atoms. The monoisotopic (exact) mass is 464 g/mol. The number of aryl methyl sites for hydroxylation is 1. The van der Waals surface area contributed by atoms with Crippen LogP contribution in [0.3, 0.4) is 0 Å². The van der Waals surface area contributed by atoms with E-state index in [0.29, 0.717) is 12.4 Å². The summed E-state index contributed by atoms with van der Waals surface area (Å²) in [5.74, 6) is 2.43. The van der Waals surface area contributed by atoms with Gasteiger partial charge in [0.1, 0.15) is 11.6 Å². The molecule has 0 radical (unpaired) electrons. The molecule has 3 atom stereocenters. The predicted molar refractivity (Wildman–Crippen MR) is 136 cm³/mol. The Labute approximate surface area is 201 Å². The minimum absolute atomic E-state index is 0.160. The van der Waals surface area contributed by atoms with Gasteiger partial charge in [-0.1, -0.05) is 13.3 Å². The van der Waals surface area contributed by atoms with E-state index in [1.165, 1.54) is 0 Å². The van der Waals surface area contributed by atoms with E-state index in [1.54, 1.807) is 6.20 Å². The van der Waals surface area contributed by atoms with Gasteiger partial charge < -0.3 is 20.4 Å². The second-order valence-electron chi connectivity index (χ2n) is 9.63. The topological polar surface area (TPSA) is 102 Å². The van der Waals surface area contributed by atoms with Crippen molar-refractivity contribution in [1.29, 1.82) is 0 Å². The molecule has 9 heteroatoms. The lowest BCUT2D eigenvalue weighted by atomic mass is 9.89. The predicted octanol–water partition coefficient (Wildman–Crippen LogP) is 3.93. The first kappa shape index (κ1) is 23.9. The molecular formula is C25H36N8O. The summed E-state index contributed by atoms with van der Waals surface area (Å²) in [6, 6.07) is 8.45. The second-order valence-corrected chi connectivity index (χ2v) is 9.63. The van der Waals surface area contributed by atoms with Gasteiger partial charge in [-0.2, -0.15) is 5.10 Å². The maximum Gasteiger partial charge on any atom is 0.237 e. The number of hydrogen-bond donors (Lipinski definition) is 3. The Bertz CT molecular complexity index is 1130. The third-order valence-electron chi connectivity index (χ3n) is 6.31. The summed E-state index contributed by atoms with van der Waals surface area (Å²) in [7, 11) is 3.89. The molecule has 0 unspecified atom stereocenters. The first-order valence-electron chi connectivity index (χ1n) is 12.1. The van der Waals surface area contributed by atoms with Crippen LogP contribution in [0.25, 0.3) is 10.9 Å². The number of amides is 1. The van der Waals surface area contributed by atoms with E-state index < -0.39 is 0 Å². The molecule has 0 saturated carbocycles. The number of fused-ring (bicyclic) bond motifs is 1. The Hall–Kier alpha value is -3.20. The Morgan fingerprint density at radius 1 is 1.26 bits per heavy atom. The summed E-state index contributed by atoms with van der Waals surface area (Å²) in [5, 5.41) is 15.2. The molecular weight excluding hydrogens is 428 g/mol. The SMILES string of the molecule is CCC[C@H]1C[C@H](Nc2nc(Nc3cc(C)[nH]n3)cc3ncccc23)C[C@@H](C)N1C(=O)CN(C)C. The van der Waals surface area contributed by atoms with Crippen molar-refractivity contribution < 1.29 is 4.79 Å². The Kier molecular flexibility index (Phi) is 7.31. The molecule has 1 fully saturated rings. The van der Waals surface area contributed by atoms with Gasteiger partial charge in [0, 0.05) is 47.5 Å². The minimum Gasteiger partial charge on any atom is -0.367 e. The number of aromatic amines is 1. The molecule has 3 aromatic rings. The van der Waals surface area contributed by atoms with Crippen LogP contribution in [0.5, 0.6) is 0 Å². The number of aromatic nitrogens is 4. The molecule has 34 heavy (non-hydrogen) atoms. The van der Waals surface area contributed by atoms with Gasteiger partial charge >= 0.3 is 0 Å². The van der Waals surface area contributed by atoms with Crippen LogP contribution in [0.15, 0.2) is 30.5 Å². The fourth-order valence-corrected chi connectivity index (χ4v) is 4.99. The van der Waals surface area contributed by atoms with E-state index in [4.69, 9.17) is 4.98 Å². The average molecular weight is 465 g/mol. The van der Waals surface area contributed by atoms with E-state index in [-0.39, 0.29) is 24.0 Å². The van der Waals surface area contributed by atoms with Crippen molar-refractivity contribution in [3.05, 3.63) is 36.2 Å². The number of piperidine rings is 1. The highest BCUT2D eigenvalue weighted by atomic mass is 16.2. The zero-order chi connectivity index (χ0) is 24.2. The lowest BCUT2D eigenvalue weighted by molar-refractivity contribution is -0.138. The Morgan fingerprint density at radius 2 is 2.09 bits per heavy atom. The number of nitrogens with zero attached hydrogens (tertiary/aromatic N) is 5. The number of anilines is 3. The van der Waals surface area contributed by atoms with Crippen LogP contribution in [0, 0.1) is 6.92 Å². The molecule has 4 rings (SSSR count). The van der Waals surface area contributed by atoms with E-state index in [9.17, 15) is 4.79 Å². The molecule has 0 bridgehead atoms. The normalized spacial score (nSPS) is 20.6. The highest BCUT2D eigenvalue weighted by molar-refractivity contribution is 5.91. The summed E-state index contributed by atoms with van der Waals surface area (Å²) < 4.78 is 0. The third-order valence-corrected chi connectivity index (χ3v) is 6.31. The molecule has 0 aliphatic carbocycles. The molecule has 3 N–H and O–H groups in total. The number of nitrogens with one attached hydrogen (secondary N) is 3. The van der Waals surface area contributed by atoms with Crippen LogP contribution in [-0.2, 0) is 4.79 Å². The second kappa shape index (κ2) is 10.4. The van der Waals surface area contributed by atoms with Gasteiger partial charge in [-0.05, 0) is 59.3 Å². The van der Waals surface area contributed by atoms with Crippen molar-refractivity contribution in [2.24, 2.45) is 0 Å². The summed E-state index contributed by atoms with van der Waals surface area (Å²) in [6.45, 7) is 6.75. The smallest absolute Gasteiger partial charge is 0.237 e. The number of likely N-dealkylation sites (N-methyl/N-ethyl adjacent to an activating group) is 1. The number of likely N-dealkylation sites (tertiary alicyclic amines) is 1. The fraction of sp³-hybridized carbons (Fsp3) is 0.520. The Morgan fingerprint density at radius 3 is 2.79 bits per heavy atom. The van der Waals surface area contributed by atoms with Crippen molar-refractivity contribution in [1.82, 2.24) is 30.0 Å². The highest BCUT2D eigenvalue weighted by Gasteiger charge is 2.36. The summed E-state index contributed by atoms with van der Waals surface area (Å²) in [6.07, 6.45) is 5.61. The van der Waals surface area contributed by atoms with Gasteiger partial charge in [-0.15, -0.1) is 0 Å². The van der Waals surface area contributed by atoms with Crippen LogP contribution in [0.2, 0.25) is 0 Å². The first-order valence-corrected chi connectivity index (χ1v) is 12.1. The van der Waals surface area contributed by atoms with Gasteiger partial charge in [-0.25, -0.2) is 4.98 Å². The fourth-order valence-electron chi connectivity index (χ4n) is 4.99. The van der Waals surface area contributed by atoms with Gasteiger partial charge in [0.15, 0.2) is 5.82 Å². The number of rotatable bonds is 8. The van der Waals surface area contributed by atoms with Crippen molar-refractivity contribution in [2.75, 3.05) is 31.3 Å². The lowest BCUT2D eigenvalue weighted by Gasteiger charge is -2.45. The van der Waals surface area contributed by atoms with Crippen molar-refractivity contribution in [3.63, 3.8) is 0 Å². The summed E-state index contributed by atoms with van der Waals surface area (Å²) >= 11 is 0. The van der Waals surface area contributed by atoms with E-state index in [0.717, 1.165) is 53.9 Å². The number of carbonyl (C=O) groups is 1. The van der Waals surface area contributed by atoms with Crippen molar-refractivity contribution >= 4 is 34.3 Å². The van der Waals surface area contributed by atoms with E-state index in [2.05, 4.69) is 44.6 Å². The maximum atomic E-state index is 13.0. The number of pyridine rings is 2. The van der Waals surface area contributed by atoms with Crippen LogP contribution >= 0.6 is 0 Å². The summed E-state index contributed by atoms with van der Waals surface area (Å²) in [5.41, 5.74) is 1.85. The number of hydrogen-bond acceptors (Lipinski definition) is 7. The van der Waals surface area contributed by atoms with Crippen LogP contribution in [0.4, 0.5) is 17.5 Å². The maximum absolute atomic E-state index is 13.0. The van der Waals surface area contributed by atoms with Gasteiger partial charge in [-0.3, -0.25) is 14.9 Å². The zero-order valence-corrected chi connectivity index (χ0v) is 20.8. The molecule has 1 saturated heterocycles. The molecule has 9 nitrogen and oxygen atoms in total. The standard InChI is InChI=1S/C25H36N8O/c1-6-8-19-13-18(12-17(3)33(19)24(34)15-32(4)5)27-25-20-9-7-10-26-21(20)14-22(29-25)28-23-11-16(2)30-31-23/h7,9-11,14,17-19H,6,8,12-13,15H2,1-5H3,(H3,27,28,29,30,31)/t17-,18-,19+/m1/s1. The molecule has 1 aliphatic rings. The highest BCUT2D eigenvalue weighted by Crippen LogP contribution is 2.31. The van der Waals surface area contributed by atoms with Gasteiger partial charge in [0.05, 0.1) is 12.1 Å².